The Balaban J connectivity index is 1.97. The normalized spacial score (nSPS) is 26.0. The van der Waals surface area contributed by atoms with Gasteiger partial charge < -0.3 is 14.6 Å². The number of fused-ring (bicyclic) bond motifs is 2. The van der Waals surface area contributed by atoms with E-state index in [2.05, 4.69) is 0 Å². The molecule has 6 nitrogen and oxygen atoms in total. The molecule has 138 valence electrons. The molecule has 3 rings (SSSR count). The van der Waals surface area contributed by atoms with Gasteiger partial charge in [-0.2, -0.15) is 0 Å². The number of ether oxygens (including phenoxy) is 2. The van der Waals surface area contributed by atoms with Crippen LogP contribution >= 0.6 is 0 Å². The van der Waals surface area contributed by atoms with Gasteiger partial charge in [0, 0.05) is 24.2 Å². The van der Waals surface area contributed by atoms with Crippen molar-refractivity contribution in [3.05, 3.63) is 47.0 Å². The average Bonchev–Trinajstić information content (AvgIpc) is 3.34. The van der Waals surface area contributed by atoms with Crippen molar-refractivity contribution in [3.8, 4) is 0 Å². The monoisotopic (exact) mass is 358 g/mol. The summed E-state index contributed by atoms with van der Waals surface area (Å²) in [5.41, 5.74) is -2.00. The first-order valence-electron chi connectivity index (χ1n) is 8.71. The molecule has 0 amide bonds. The zero-order valence-electron chi connectivity index (χ0n) is 14.9. The molecule has 26 heavy (non-hydrogen) atoms. The van der Waals surface area contributed by atoms with Gasteiger partial charge in [0.05, 0.1) is 6.61 Å². The van der Waals surface area contributed by atoms with Gasteiger partial charge in [0.2, 0.25) is 5.78 Å². The maximum atomic E-state index is 13.1. The third-order valence-electron chi connectivity index (χ3n) is 4.83. The standard InChI is InChI=1S/C20H22O6/c1-13(2)9-10-19-16(22)14-7-3-4-8-15(14)17(23)20(19,26-19)18(24)25-12-6-5-11-21/h3-4,7-9,21H,5-6,10-12H2,1-2H3. The SMILES string of the molecule is CC(C)=CCC12OC1(C(=O)OCCCCO)C(=O)c1ccccc1C2=O. The van der Waals surface area contributed by atoms with Crippen LogP contribution in [0.5, 0.6) is 0 Å². The van der Waals surface area contributed by atoms with Crippen LogP contribution in [0.4, 0.5) is 0 Å². The van der Waals surface area contributed by atoms with Crippen LogP contribution in [0, 0.1) is 0 Å². The second-order valence-electron chi connectivity index (χ2n) is 6.87. The predicted octanol–water partition coefficient (Wildman–Crippen LogP) is 2.25. The van der Waals surface area contributed by atoms with Crippen LogP contribution in [0.2, 0.25) is 0 Å². The van der Waals surface area contributed by atoms with Gasteiger partial charge >= 0.3 is 5.97 Å². The van der Waals surface area contributed by atoms with Crippen molar-refractivity contribution in [1.29, 1.82) is 0 Å². The van der Waals surface area contributed by atoms with Gasteiger partial charge in [-0.3, -0.25) is 9.59 Å². The summed E-state index contributed by atoms with van der Waals surface area (Å²) in [5, 5.41) is 8.82. The third kappa shape index (κ3) is 2.61. The molecule has 1 saturated heterocycles. The molecule has 1 aliphatic carbocycles. The summed E-state index contributed by atoms with van der Waals surface area (Å²) in [6.45, 7) is 3.80. The number of esters is 1. The lowest BCUT2D eigenvalue weighted by molar-refractivity contribution is -0.148. The predicted molar refractivity (Wildman–Crippen MR) is 93.0 cm³/mol. The fourth-order valence-corrected chi connectivity index (χ4v) is 3.36. The highest BCUT2D eigenvalue weighted by Gasteiger charge is 2.85. The molecule has 1 aromatic rings. The van der Waals surface area contributed by atoms with Crippen molar-refractivity contribution in [2.45, 2.75) is 44.3 Å². The summed E-state index contributed by atoms with van der Waals surface area (Å²) in [6.07, 6.45) is 2.89. The van der Waals surface area contributed by atoms with Gasteiger partial charge in [0.25, 0.3) is 5.60 Å². The van der Waals surface area contributed by atoms with Gasteiger partial charge in [-0.25, -0.2) is 4.79 Å². The average molecular weight is 358 g/mol. The van der Waals surface area contributed by atoms with Crippen LogP contribution in [0.1, 0.15) is 53.8 Å². The van der Waals surface area contributed by atoms with Gasteiger partial charge in [-0.05, 0) is 26.7 Å². The molecule has 1 aromatic carbocycles. The Kier molecular flexibility index (Phi) is 4.82. The summed E-state index contributed by atoms with van der Waals surface area (Å²) >= 11 is 0. The Morgan fingerprint density at radius 1 is 1.15 bits per heavy atom. The molecule has 2 unspecified atom stereocenters. The van der Waals surface area contributed by atoms with E-state index in [9.17, 15) is 14.4 Å². The van der Waals surface area contributed by atoms with Crippen molar-refractivity contribution in [1.82, 2.24) is 0 Å². The van der Waals surface area contributed by atoms with E-state index >= 15 is 0 Å². The molecule has 2 aliphatic rings. The second kappa shape index (κ2) is 6.78. The highest BCUT2D eigenvalue weighted by Crippen LogP contribution is 2.58. The first-order valence-corrected chi connectivity index (χ1v) is 8.71. The van der Waals surface area contributed by atoms with Crippen molar-refractivity contribution in [3.63, 3.8) is 0 Å². The molecule has 2 atom stereocenters. The highest BCUT2D eigenvalue weighted by atomic mass is 16.7. The maximum Gasteiger partial charge on any atom is 0.350 e. The molecule has 1 heterocycles. The Morgan fingerprint density at radius 3 is 2.42 bits per heavy atom. The molecule has 0 spiro atoms. The van der Waals surface area contributed by atoms with E-state index in [1.165, 1.54) is 6.07 Å². The first-order chi connectivity index (χ1) is 12.4. The maximum absolute atomic E-state index is 13.1. The van der Waals surface area contributed by atoms with E-state index in [0.717, 1.165) is 5.57 Å². The number of ketones is 2. The number of carbonyl (C=O) groups is 3. The van der Waals surface area contributed by atoms with Gasteiger partial charge in [-0.1, -0.05) is 35.9 Å². The van der Waals surface area contributed by atoms with Crippen LogP contribution in [-0.2, 0) is 14.3 Å². The molecule has 1 N–H and O–H groups in total. The van der Waals surface area contributed by atoms with Crippen LogP contribution in [0.3, 0.4) is 0 Å². The summed E-state index contributed by atoms with van der Waals surface area (Å²) in [5.74, 6) is -1.72. The summed E-state index contributed by atoms with van der Waals surface area (Å²) < 4.78 is 10.9. The van der Waals surface area contributed by atoms with Gasteiger partial charge in [-0.15, -0.1) is 0 Å². The fraction of sp³-hybridized carbons (Fsp3) is 0.450. The molecular formula is C20H22O6. The number of epoxide rings is 1. The van der Waals surface area contributed by atoms with Crippen molar-refractivity contribution in [2.24, 2.45) is 0 Å². The number of hydrogen-bond acceptors (Lipinski definition) is 6. The molecule has 0 radical (unpaired) electrons. The third-order valence-corrected chi connectivity index (χ3v) is 4.83. The van der Waals surface area contributed by atoms with Crippen molar-refractivity contribution in [2.75, 3.05) is 13.2 Å². The summed E-state index contributed by atoms with van der Waals surface area (Å²) in [6, 6.07) is 6.44. The lowest BCUT2D eigenvalue weighted by Crippen LogP contribution is -2.50. The van der Waals surface area contributed by atoms with Gasteiger partial charge in [0.1, 0.15) is 0 Å². The first kappa shape index (κ1) is 18.5. The zero-order valence-corrected chi connectivity index (χ0v) is 14.9. The topological polar surface area (TPSA) is 93.2 Å². The lowest BCUT2D eigenvalue weighted by Gasteiger charge is -2.23. The number of Topliss-reactive ketones (excluding diaryl/α,β-unsaturated/α-hetero) is 2. The molecule has 0 saturated carbocycles. The minimum atomic E-state index is -1.90. The smallest absolute Gasteiger partial charge is 0.350 e. The number of benzene rings is 1. The van der Waals surface area contributed by atoms with E-state index < -0.39 is 23.0 Å². The van der Waals surface area contributed by atoms with E-state index in [4.69, 9.17) is 14.6 Å². The van der Waals surface area contributed by atoms with E-state index in [0.29, 0.717) is 12.8 Å². The molecule has 1 fully saturated rings. The zero-order chi connectivity index (χ0) is 18.9. The Bertz CT molecular complexity index is 791. The van der Waals surface area contributed by atoms with E-state index in [-0.39, 0.29) is 36.5 Å². The van der Waals surface area contributed by atoms with Crippen LogP contribution in [-0.4, -0.2) is 47.1 Å². The van der Waals surface area contributed by atoms with Crippen LogP contribution < -0.4 is 0 Å². The largest absolute Gasteiger partial charge is 0.463 e. The number of rotatable bonds is 7. The fourth-order valence-electron chi connectivity index (χ4n) is 3.36. The second-order valence-corrected chi connectivity index (χ2v) is 6.87. The minimum absolute atomic E-state index is 0.00546. The Labute approximate surface area is 151 Å². The molecule has 1 aliphatic heterocycles. The van der Waals surface area contributed by atoms with Crippen molar-refractivity contribution >= 4 is 17.5 Å². The lowest BCUT2D eigenvalue weighted by atomic mass is 9.72. The van der Waals surface area contributed by atoms with Crippen molar-refractivity contribution < 1.29 is 29.0 Å². The molecule has 0 aromatic heterocycles. The van der Waals surface area contributed by atoms with Crippen LogP contribution in [0.25, 0.3) is 0 Å². The quantitative estimate of drug-likeness (QED) is 0.264. The number of hydrogen-bond donors (Lipinski definition) is 1. The summed E-state index contributed by atoms with van der Waals surface area (Å²) in [7, 11) is 0. The number of unbranched alkanes of at least 4 members (excludes halogenated alkanes) is 1. The minimum Gasteiger partial charge on any atom is -0.463 e. The van der Waals surface area contributed by atoms with Crippen LogP contribution in [0.15, 0.2) is 35.9 Å². The van der Waals surface area contributed by atoms with E-state index in [1.807, 2.05) is 13.8 Å². The molecule has 6 heteroatoms. The van der Waals surface area contributed by atoms with Gasteiger partial charge in [0.15, 0.2) is 11.4 Å². The highest BCUT2D eigenvalue weighted by molar-refractivity contribution is 6.32. The number of aliphatic hydroxyl groups excluding tert-OH is 1. The van der Waals surface area contributed by atoms with E-state index in [1.54, 1.807) is 24.3 Å². The number of carbonyl (C=O) groups excluding carboxylic acids is 3. The summed E-state index contributed by atoms with van der Waals surface area (Å²) in [4.78, 5) is 38.9. The Hall–Kier alpha value is -2.31. The Morgan fingerprint density at radius 2 is 1.81 bits per heavy atom. The number of allylic oxidation sites excluding steroid dienone is 1. The molecular weight excluding hydrogens is 336 g/mol. The molecule has 0 bridgehead atoms. The number of aliphatic hydroxyl groups is 1.